The fraction of sp³-hybridized carbons (Fsp3) is 0.375. The van der Waals surface area contributed by atoms with Crippen LogP contribution < -0.4 is 5.32 Å². The highest BCUT2D eigenvalue weighted by Crippen LogP contribution is 2.23. The van der Waals surface area contributed by atoms with Crippen LogP contribution in [0.15, 0.2) is 34.9 Å². The lowest BCUT2D eigenvalue weighted by Gasteiger charge is -2.24. The minimum Gasteiger partial charge on any atom is -0.388 e. The number of carbonyl (C=O) groups is 1. The van der Waals surface area contributed by atoms with Crippen molar-refractivity contribution < 1.29 is 18.8 Å². The second-order valence-corrected chi connectivity index (χ2v) is 5.17. The number of nitrogens with one attached hydrogen (secondary N) is 1. The summed E-state index contributed by atoms with van der Waals surface area (Å²) >= 11 is 0. The van der Waals surface area contributed by atoms with E-state index in [1.54, 1.807) is 18.2 Å². The van der Waals surface area contributed by atoms with Crippen LogP contribution in [0.4, 0.5) is 4.39 Å². The third kappa shape index (κ3) is 3.51. The Morgan fingerprint density at radius 3 is 2.68 bits per heavy atom. The van der Waals surface area contributed by atoms with Crippen LogP contribution in [-0.4, -0.2) is 28.3 Å². The number of aliphatic hydroxyl groups is 1. The maximum Gasteiger partial charge on any atom is 0.273 e. The van der Waals surface area contributed by atoms with Gasteiger partial charge in [-0.05, 0) is 25.0 Å². The molecule has 5 nitrogen and oxygen atoms in total. The maximum absolute atomic E-state index is 13.7. The lowest BCUT2D eigenvalue weighted by atomic mass is 9.97. The van der Waals surface area contributed by atoms with Crippen molar-refractivity contribution in [1.82, 2.24) is 10.5 Å². The molecule has 0 bridgehead atoms. The summed E-state index contributed by atoms with van der Waals surface area (Å²) in [5.74, 6) is -0.729. The van der Waals surface area contributed by atoms with E-state index in [2.05, 4.69) is 10.5 Å². The van der Waals surface area contributed by atoms with Crippen molar-refractivity contribution in [2.75, 3.05) is 6.54 Å². The summed E-state index contributed by atoms with van der Waals surface area (Å²) in [7, 11) is 0. The van der Waals surface area contributed by atoms with E-state index in [0.717, 1.165) is 0 Å². The number of hydrogen-bond acceptors (Lipinski definition) is 4. The molecular weight excluding hydrogens is 287 g/mol. The van der Waals surface area contributed by atoms with Crippen LogP contribution in [-0.2, 0) is 0 Å². The lowest BCUT2D eigenvalue weighted by Crippen LogP contribution is -2.42. The Morgan fingerprint density at radius 1 is 1.36 bits per heavy atom. The quantitative estimate of drug-likeness (QED) is 0.860. The fourth-order valence-corrected chi connectivity index (χ4v) is 2.01. The summed E-state index contributed by atoms with van der Waals surface area (Å²) in [4.78, 5) is 12.0. The molecule has 2 rings (SSSR count). The van der Waals surface area contributed by atoms with Gasteiger partial charge in [0.2, 0.25) is 0 Å². The monoisotopic (exact) mass is 306 g/mol. The number of benzene rings is 1. The van der Waals surface area contributed by atoms with Crippen LogP contribution in [0, 0.1) is 5.82 Å². The maximum atomic E-state index is 13.7. The van der Waals surface area contributed by atoms with Crippen molar-refractivity contribution >= 4 is 5.91 Å². The third-order valence-corrected chi connectivity index (χ3v) is 3.78. The molecule has 1 aromatic heterocycles. The molecule has 6 heteroatoms. The number of aromatic nitrogens is 1. The highest BCUT2D eigenvalue weighted by Gasteiger charge is 2.24. The minimum absolute atomic E-state index is 0.0489. The number of rotatable bonds is 6. The third-order valence-electron chi connectivity index (χ3n) is 3.78. The van der Waals surface area contributed by atoms with E-state index in [9.17, 15) is 14.3 Å². The zero-order chi connectivity index (χ0) is 16.2. The van der Waals surface area contributed by atoms with E-state index in [1.807, 2.05) is 13.8 Å². The summed E-state index contributed by atoms with van der Waals surface area (Å²) in [6, 6.07) is 7.47. The second-order valence-electron chi connectivity index (χ2n) is 5.17. The van der Waals surface area contributed by atoms with Gasteiger partial charge < -0.3 is 14.9 Å². The zero-order valence-corrected chi connectivity index (χ0v) is 12.6. The Kier molecular flexibility index (Phi) is 4.92. The Bertz CT molecular complexity index is 650. The molecule has 1 heterocycles. The van der Waals surface area contributed by atoms with Gasteiger partial charge in [0.1, 0.15) is 5.82 Å². The molecule has 0 unspecified atom stereocenters. The van der Waals surface area contributed by atoms with Crippen LogP contribution in [0.5, 0.6) is 0 Å². The number of halogens is 1. The average Bonchev–Trinajstić information content (AvgIpc) is 3.02. The van der Waals surface area contributed by atoms with E-state index < -0.39 is 17.3 Å². The van der Waals surface area contributed by atoms with Crippen molar-refractivity contribution in [1.29, 1.82) is 0 Å². The molecule has 0 saturated heterocycles. The van der Waals surface area contributed by atoms with E-state index in [1.165, 1.54) is 12.1 Å². The van der Waals surface area contributed by atoms with Gasteiger partial charge in [-0.15, -0.1) is 0 Å². The Balaban J connectivity index is 2.08. The predicted octanol–water partition coefficient (Wildman–Crippen LogP) is 2.76. The first-order valence-electron chi connectivity index (χ1n) is 7.21. The van der Waals surface area contributed by atoms with E-state index in [0.29, 0.717) is 12.8 Å². The second kappa shape index (κ2) is 6.70. The summed E-state index contributed by atoms with van der Waals surface area (Å²) in [5, 5.41) is 16.4. The Hall–Kier alpha value is -2.21. The van der Waals surface area contributed by atoms with Gasteiger partial charge in [0.15, 0.2) is 11.5 Å². The zero-order valence-electron chi connectivity index (χ0n) is 12.6. The predicted molar refractivity (Wildman–Crippen MR) is 79.8 cm³/mol. The van der Waals surface area contributed by atoms with Crippen molar-refractivity contribution in [2.45, 2.75) is 32.3 Å². The lowest BCUT2D eigenvalue weighted by molar-refractivity contribution is 0.0312. The molecule has 22 heavy (non-hydrogen) atoms. The SMILES string of the molecule is CCC(O)(CC)CNC(=O)c1cc(-c2ccccc2F)on1. The first-order chi connectivity index (χ1) is 10.5. The molecule has 0 fully saturated rings. The van der Waals surface area contributed by atoms with Crippen molar-refractivity contribution in [3.63, 3.8) is 0 Å². The van der Waals surface area contributed by atoms with Crippen LogP contribution in [0.1, 0.15) is 37.2 Å². The number of hydrogen-bond donors (Lipinski definition) is 2. The normalized spacial score (nSPS) is 11.5. The number of amides is 1. The first-order valence-corrected chi connectivity index (χ1v) is 7.21. The van der Waals surface area contributed by atoms with E-state index in [-0.39, 0.29) is 23.6 Å². The van der Waals surface area contributed by atoms with Crippen LogP contribution in [0.2, 0.25) is 0 Å². The molecule has 118 valence electrons. The van der Waals surface area contributed by atoms with Gasteiger partial charge in [-0.25, -0.2) is 4.39 Å². The fourth-order valence-electron chi connectivity index (χ4n) is 2.01. The molecule has 2 N–H and O–H groups in total. The molecule has 0 aliphatic carbocycles. The Labute approximate surface area is 128 Å². The molecule has 0 atom stereocenters. The largest absolute Gasteiger partial charge is 0.388 e. The highest BCUT2D eigenvalue weighted by molar-refractivity contribution is 5.93. The summed E-state index contributed by atoms with van der Waals surface area (Å²) in [6.07, 6.45) is 1.06. The molecule has 0 radical (unpaired) electrons. The molecule has 0 aliphatic heterocycles. The smallest absolute Gasteiger partial charge is 0.273 e. The van der Waals surface area contributed by atoms with Crippen molar-refractivity contribution in [2.24, 2.45) is 0 Å². The van der Waals surface area contributed by atoms with Gasteiger partial charge in [0, 0.05) is 12.6 Å². The molecular formula is C16H19FN2O3. The van der Waals surface area contributed by atoms with Gasteiger partial charge in [-0.2, -0.15) is 0 Å². The van der Waals surface area contributed by atoms with Gasteiger partial charge in [-0.1, -0.05) is 31.1 Å². The van der Waals surface area contributed by atoms with Gasteiger partial charge in [-0.3, -0.25) is 4.79 Å². The van der Waals surface area contributed by atoms with Crippen LogP contribution in [0.25, 0.3) is 11.3 Å². The van der Waals surface area contributed by atoms with Gasteiger partial charge in [0.25, 0.3) is 5.91 Å². The van der Waals surface area contributed by atoms with Crippen molar-refractivity contribution in [3.05, 3.63) is 41.8 Å². The van der Waals surface area contributed by atoms with E-state index >= 15 is 0 Å². The number of nitrogens with zero attached hydrogens (tertiary/aromatic N) is 1. The van der Waals surface area contributed by atoms with E-state index in [4.69, 9.17) is 4.52 Å². The summed E-state index contributed by atoms with van der Waals surface area (Å²) < 4.78 is 18.7. The molecule has 1 amide bonds. The highest BCUT2D eigenvalue weighted by atomic mass is 19.1. The minimum atomic E-state index is -0.937. The molecule has 1 aromatic carbocycles. The van der Waals surface area contributed by atoms with Crippen LogP contribution >= 0.6 is 0 Å². The molecule has 0 spiro atoms. The molecule has 0 aliphatic rings. The van der Waals surface area contributed by atoms with Crippen molar-refractivity contribution in [3.8, 4) is 11.3 Å². The molecule has 0 saturated carbocycles. The Morgan fingerprint density at radius 2 is 2.05 bits per heavy atom. The van der Waals surface area contributed by atoms with Crippen LogP contribution in [0.3, 0.4) is 0 Å². The molecule has 2 aromatic rings. The van der Waals surface area contributed by atoms with Gasteiger partial charge >= 0.3 is 0 Å². The standard InChI is InChI=1S/C16H19FN2O3/c1-3-16(21,4-2)10-18-15(20)13-9-14(22-19-13)11-7-5-6-8-12(11)17/h5-9,21H,3-4,10H2,1-2H3,(H,18,20). The number of carbonyl (C=O) groups excluding carboxylic acids is 1. The summed E-state index contributed by atoms with van der Waals surface area (Å²) in [6.45, 7) is 3.82. The first kappa shape index (κ1) is 16.2. The summed E-state index contributed by atoms with van der Waals surface area (Å²) in [5.41, 5.74) is -0.645. The topological polar surface area (TPSA) is 75.4 Å². The van der Waals surface area contributed by atoms with Gasteiger partial charge in [0.05, 0.1) is 11.2 Å². The average molecular weight is 306 g/mol.